The third-order valence-corrected chi connectivity index (χ3v) is 4.98. The fraction of sp³-hybridized carbons (Fsp3) is 0.421. The standard InChI is InChI=1S/C19H22N2O3/c1-13-7-9-19(10-8-13,18(23)24)21-16(22)12-15-5-2-4-14-6-3-11-20-17(14)15/h2-6,11,13H,7-10,12H2,1H3,(H,21,22)(H,23,24). The number of para-hydroxylation sites is 1. The predicted octanol–water partition coefficient (Wildman–Crippen LogP) is 2.93. The molecule has 0 spiro atoms. The van der Waals surface area contributed by atoms with Gasteiger partial charge in [0.1, 0.15) is 5.54 Å². The number of aliphatic carboxylic acids is 1. The quantitative estimate of drug-likeness (QED) is 0.905. The normalized spacial score (nSPS) is 23.8. The van der Waals surface area contributed by atoms with E-state index in [2.05, 4.69) is 17.2 Å². The van der Waals surface area contributed by atoms with E-state index in [9.17, 15) is 14.7 Å². The number of nitrogens with one attached hydrogen (secondary N) is 1. The molecule has 1 saturated carbocycles. The number of carboxylic acid groups (broad SMARTS) is 1. The number of carboxylic acids is 1. The molecule has 2 N–H and O–H groups in total. The Kier molecular flexibility index (Phi) is 4.51. The molecule has 3 rings (SSSR count). The Balaban J connectivity index is 1.78. The number of hydrogen-bond acceptors (Lipinski definition) is 3. The van der Waals surface area contributed by atoms with E-state index < -0.39 is 11.5 Å². The van der Waals surface area contributed by atoms with Gasteiger partial charge in [-0.3, -0.25) is 9.78 Å². The fourth-order valence-electron chi connectivity index (χ4n) is 3.44. The summed E-state index contributed by atoms with van der Waals surface area (Å²) in [5.41, 5.74) is 0.480. The molecule has 0 unspecified atom stereocenters. The number of carbonyl (C=O) groups excluding carboxylic acids is 1. The van der Waals surface area contributed by atoms with Crippen molar-refractivity contribution in [2.24, 2.45) is 5.92 Å². The summed E-state index contributed by atoms with van der Waals surface area (Å²) in [4.78, 5) is 28.6. The number of hydrogen-bond donors (Lipinski definition) is 2. The number of carbonyl (C=O) groups is 2. The maximum absolute atomic E-state index is 12.5. The lowest BCUT2D eigenvalue weighted by molar-refractivity contribution is -0.149. The first kappa shape index (κ1) is 16.4. The number of amides is 1. The summed E-state index contributed by atoms with van der Waals surface area (Å²) in [7, 11) is 0. The van der Waals surface area contributed by atoms with Gasteiger partial charge in [0.15, 0.2) is 0 Å². The van der Waals surface area contributed by atoms with Gasteiger partial charge in [-0.25, -0.2) is 4.79 Å². The van der Waals surface area contributed by atoms with Crippen LogP contribution in [-0.4, -0.2) is 27.5 Å². The van der Waals surface area contributed by atoms with Crippen molar-refractivity contribution in [1.82, 2.24) is 10.3 Å². The molecular weight excluding hydrogens is 304 g/mol. The molecule has 0 aliphatic heterocycles. The van der Waals surface area contributed by atoms with Crippen molar-refractivity contribution in [2.45, 2.75) is 44.6 Å². The highest BCUT2D eigenvalue weighted by atomic mass is 16.4. The summed E-state index contributed by atoms with van der Waals surface area (Å²) in [6.07, 6.45) is 4.46. The van der Waals surface area contributed by atoms with Gasteiger partial charge in [0.2, 0.25) is 5.91 Å². The zero-order valence-electron chi connectivity index (χ0n) is 13.8. The molecule has 0 radical (unpaired) electrons. The molecule has 2 aromatic rings. The highest BCUT2D eigenvalue weighted by Crippen LogP contribution is 2.32. The average Bonchev–Trinajstić information content (AvgIpc) is 2.57. The lowest BCUT2D eigenvalue weighted by Gasteiger charge is -2.36. The van der Waals surface area contributed by atoms with Crippen LogP contribution in [-0.2, 0) is 16.0 Å². The number of rotatable bonds is 4. The summed E-state index contributed by atoms with van der Waals surface area (Å²) in [6.45, 7) is 2.12. The summed E-state index contributed by atoms with van der Waals surface area (Å²) in [5, 5.41) is 13.4. The van der Waals surface area contributed by atoms with Crippen LogP contribution in [0.5, 0.6) is 0 Å². The Morgan fingerprint density at radius 3 is 2.67 bits per heavy atom. The van der Waals surface area contributed by atoms with Gasteiger partial charge >= 0.3 is 5.97 Å². The van der Waals surface area contributed by atoms with E-state index in [1.165, 1.54) is 0 Å². The number of pyridine rings is 1. The topological polar surface area (TPSA) is 79.3 Å². The first-order valence-corrected chi connectivity index (χ1v) is 8.37. The van der Waals surface area contributed by atoms with Crippen LogP contribution in [0.25, 0.3) is 10.9 Å². The second-order valence-corrected chi connectivity index (χ2v) is 6.79. The van der Waals surface area contributed by atoms with E-state index in [1.807, 2.05) is 30.3 Å². The Bertz CT molecular complexity index is 759. The van der Waals surface area contributed by atoms with E-state index in [-0.39, 0.29) is 12.3 Å². The van der Waals surface area contributed by atoms with Gasteiger partial charge in [0, 0.05) is 11.6 Å². The van der Waals surface area contributed by atoms with E-state index in [0.29, 0.717) is 18.8 Å². The van der Waals surface area contributed by atoms with Crippen LogP contribution < -0.4 is 5.32 Å². The second kappa shape index (κ2) is 6.59. The van der Waals surface area contributed by atoms with Crippen LogP contribution in [0.4, 0.5) is 0 Å². The van der Waals surface area contributed by atoms with Crippen molar-refractivity contribution < 1.29 is 14.7 Å². The van der Waals surface area contributed by atoms with Crippen molar-refractivity contribution in [2.75, 3.05) is 0 Å². The maximum atomic E-state index is 12.5. The molecule has 0 atom stereocenters. The molecule has 0 saturated heterocycles. The molecule has 1 aliphatic rings. The van der Waals surface area contributed by atoms with Gasteiger partial charge in [0.25, 0.3) is 0 Å². The van der Waals surface area contributed by atoms with Crippen molar-refractivity contribution >= 4 is 22.8 Å². The molecular formula is C19H22N2O3. The molecule has 5 heteroatoms. The van der Waals surface area contributed by atoms with Crippen molar-refractivity contribution in [1.29, 1.82) is 0 Å². The molecule has 1 fully saturated rings. The SMILES string of the molecule is CC1CCC(NC(=O)Cc2cccc3cccnc23)(C(=O)O)CC1. The van der Waals surface area contributed by atoms with Gasteiger partial charge in [-0.05, 0) is 43.2 Å². The lowest BCUT2D eigenvalue weighted by Crippen LogP contribution is -2.56. The van der Waals surface area contributed by atoms with E-state index >= 15 is 0 Å². The fourth-order valence-corrected chi connectivity index (χ4v) is 3.44. The number of fused-ring (bicyclic) bond motifs is 1. The second-order valence-electron chi connectivity index (χ2n) is 6.79. The number of nitrogens with zero attached hydrogens (tertiary/aromatic N) is 1. The van der Waals surface area contributed by atoms with Crippen LogP contribution in [0.2, 0.25) is 0 Å². The van der Waals surface area contributed by atoms with Gasteiger partial charge in [-0.1, -0.05) is 31.2 Å². The van der Waals surface area contributed by atoms with E-state index in [1.54, 1.807) is 6.20 Å². The predicted molar refractivity (Wildman–Crippen MR) is 91.6 cm³/mol. The first-order valence-electron chi connectivity index (χ1n) is 8.37. The molecule has 0 bridgehead atoms. The molecule has 1 amide bonds. The minimum atomic E-state index is -1.12. The molecule has 24 heavy (non-hydrogen) atoms. The smallest absolute Gasteiger partial charge is 0.329 e. The minimum Gasteiger partial charge on any atom is -0.480 e. The number of benzene rings is 1. The highest BCUT2D eigenvalue weighted by molar-refractivity contribution is 5.91. The largest absolute Gasteiger partial charge is 0.480 e. The molecule has 1 aromatic carbocycles. The Labute approximate surface area is 141 Å². The van der Waals surface area contributed by atoms with Crippen LogP contribution >= 0.6 is 0 Å². The van der Waals surface area contributed by atoms with Crippen molar-refractivity contribution in [3.8, 4) is 0 Å². The van der Waals surface area contributed by atoms with Gasteiger partial charge in [-0.2, -0.15) is 0 Å². The minimum absolute atomic E-state index is 0.138. The Morgan fingerprint density at radius 1 is 1.25 bits per heavy atom. The van der Waals surface area contributed by atoms with Gasteiger partial charge in [0.05, 0.1) is 11.9 Å². The third-order valence-electron chi connectivity index (χ3n) is 4.98. The first-order chi connectivity index (χ1) is 11.5. The summed E-state index contributed by atoms with van der Waals surface area (Å²) in [6, 6.07) is 9.51. The average molecular weight is 326 g/mol. The summed E-state index contributed by atoms with van der Waals surface area (Å²) in [5.74, 6) is -0.680. The molecule has 126 valence electrons. The summed E-state index contributed by atoms with van der Waals surface area (Å²) >= 11 is 0. The molecule has 1 heterocycles. The van der Waals surface area contributed by atoms with Crippen LogP contribution in [0.1, 0.15) is 38.2 Å². The van der Waals surface area contributed by atoms with Crippen LogP contribution in [0, 0.1) is 5.92 Å². The van der Waals surface area contributed by atoms with Gasteiger partial charge < -0.3 is 10.4 Å². The van der Waals surface area contributed by atoms with E-state index in [4.69, 9.17) is 0 Å². The number of aromatic nitrogens is 1. The zero-order chi connectivity index (χ0) is 17.2. The van der Waals surface area contributed by atoms with E-state index in [0.717, 1.165) is 29.3 Å². The Morgan fingerprint density at radius 2 is 1.96 bits per heavy atom. The Hall–Kier alpha value is -2.43. The summed E-state index contributed by atoms with van der Waals surface area (Å²) < 4.78 is 0. The molecule has 1 aromatic heterocycles. The highest BCUT2D eigenvalue weighted by Gasteiger charge is 2.42. The molecule has 5 nitrogen and oxygen atoms in total. The molecule has 1 aliphatic carbocycles. The van der Waals surface area contributed by atoms with Crippen molar-refractivity contribution in [3.05, 3.63) is 42.1 Å². The zero-order valence-corrected chi connectivity index (χ0v) is 13.8. The van der Waals surface area contributed by atoms with Crippen LogP contribution in [0.15, 0.2) is 36.5 Å². The van der Waals surface area contributed by atoms with Crippen LogP contribution in [0.3, 0.4) is 0 Å². The monoisotopic (exact) mass is 326 g/mol. The maximum Gasteiger partial charge on any atom is 0.329 e. The van der Waals surface area contributed by atoms with Gasteiger partial charge in [-0.15, -0.1) is 0 Å². The third kappa shape index (κ3) is 3.25. The lowest BCUT2D eigenvalue weighted by atomic mass is 9.77. The van der Waals surface area contributed by atoms with Crippen molar-refractivity contribution in [3.63, 3.8) is 0 Å².